The van der Waals surface area contributed by atoms with Crippen molar-refractivity contribution in [2.75, 3.05) is 11.9 Å². The second-order valence-corrected chi connectivity index (χ2v) is 8.68. The average Bonchev–Trinajstić information content (AvgIpc) is 3.49. The number of benzene rings is 1. The molecule has 2 amide bonds. The van der Waals surface area contributed by atoms with Crippen LogP contribution in [0.5, 0.6) is 0 Å². The van der Waals surface area contributed by atoms with Gasteiger partial charge in [0.1, 0.15) is 5.82 Å². The fourth-order valence-electron chi connectivity index (χ4n) is 5.58. The number of carboxylic acid groups (broad SMARTS) is 1. The van der Waals surface area contributed by atoms with Crippen LogP contribution >= 0.6 is 0 Å². The molecule has 8 heteroatoms. The van der Waals surface area contributed by atoms with Crippen molar-refractivity contribution in [3.05, 3.63) is 30.1 Å². The van der Waals surface area contributed by atoms with Gasteiger partial charge in [-0.05, 0) is 62.8 Å². The van der Waals surface area contributed by atoms with Crippen LogP contribution in [0, 0.1) is 11.2 Å². The Labute approximate surface area is 182 Å². The largest absolute Gasteiger partial charge is 0.483 e. The van der Waals surface area contributed by atoms with Crippen LogP contribution in [0.1, 0.15) is 58.3 Å². The Hall–Kier alpha value is -2.64. The van der Waals surface area contributed by atoms with Crippen molar-refractivity contribution in [3.63, 3.8) is 0 Å². The van der Waals surface area contributed by atoms with Gasteiger partial charge in [0.2, 0.25) is 11.8 Å². The van der Waals surface area contributed by atoms with E-state index in [1.807, 2.05) is 4.90 Å². The van der Waals surface area contributed by atoms with Crippen LogP contribution in [0.25, 0.3) is 0 Å². The molecule has 3 fully saturated rings. The number of fused-ring (bicyclic) bond motifs is 2. The first-order valence-corrected chi connectivity index (χ1v) is 11.1. The molecule has 3 N–H and O–H groups in total. The molecule has 0 unspecified atom stereocenters. The van der Waals surface area contributed by atoms with Gasteiger partial charge in [-0.1, -0.05) is 19.8 Å². The summed E-state index contributed by atoms with van der Waals surface area (Å²) in [6.07, 6.45) is 7.94. The highest BCUT2D eigenvalue weighted by atomic mass is 19.1. The number of anilines is 1. The van der Waals surface area contributed by atoms with Crippen molar-refractivity contribution in [1.82, 2.24) is 10.2 Å². The Morgan fingerprint density at radius 1 is 1.19 bits per heavy atom. The molecule has 0 aromatic heterocycles. The van der Waals surface area contributed by atoms with Gasteiger partial charge >= 0.3 is 0 Å². The van der Waals surface area contributed by atoms with E-state index in [0.717, 1.165) is 44.2 Å². The fourth-order valence-corrected chi connectivity index (χ4v) is 5.58. The summed E-state index contributed by atoms with van der Waals surface area (Å²) in [7, 11) is 0. The van der Waals surface area contributed by atoms with Gasteiger partial charge in [0, 0.05) is 23.8 Å². The normalized spacial score (nSPS) is 26.8. The summed E-state index contributed by atoms with van der Waals surface area (Å²) >= 11 is 0. The summed E-state index contributed by atoms with van der Waals surface area (Å²) in [4.78, 5) is 36.5. The van der Waals surface area contributed by atoms with Crippen LogP contribution in [0.3, 0.4) is 0 Å². The summed E-state index contributed by atoms with van der Waals surface area (Å²) < 4.78 is 13.0. The number of hydrogen-bond donors (Lipinski definition) is 3. The molecule has 3 atom stereocenters. The van der Waals surface area contributed by atoms with Gasteiger partial charge < -0.3 is 20.6 Å². The summed E-state index contributed by atoms with van der Waals surface area (Å²) in [5.41, 5.74) is 0.277. The van der Waals surface area contributed by atoms with Crippen LogP contribution in [-0.2, 0) is 14.4 Å². The summed E-state index contributed by atoms with van der Waals surface area (Å²) in [6, 6.07) is 6.47. The van der Waals surface area contributed by atoms with Crippen LogP contribution in [0.15, 0.2) is 24.3 Å². The van der Waals surface area contributed by atoms with Gasteiger partial charge in [-0.25, -0.2) is 4.39 Å². The standard InChI is InChI=1S/C22H30FN3O2.CH2O2/c1-2-22(21(28)25-17-5-3-4-6-17)13-18-11-12-19(22)26(18)20(27)14-24-16-9-7-15(23)8-10-16;2-1-3/h7-10,17-19,24H,2-6,11-14H2,1H3,(H,25,28);1H,(H,2,3)/t18-,19+,22+;/m1./s1. The number of carbonyl (C=O) groups excluding carboxylic acids is 2. The van der Waals surface area contributed by atoms with E-state index in [1.54, 1.807) is 12.1 Å². The second kappa shape index (κ2) is 10.1. The van der Waals surface area contributed by atoms with Gasteiger partial charge in [-0.3, -0.25) is 14.4 Å². The minimum absolute atomic E-state index is 0.00794. The van der Waals surface area contributed by atoms with Gasteiger partial charge in [-0.2, -0.15) is 0 Å². The molecule has 1 aliphatic carbocycles. The van der Waals surface area contributed by atoms with Gasteiger partial charge in [0.15, 0.2) is 0 Å². The van der Waals surface area contributed by atoms with E-state index in [0.29, 0.717) is 6.04 Å². The van der Waals surface area contributed by atoms with E-state index < -0.39 is 5.41 Å². The lowest BCUT2D eigenvalue weighted by Gasteiger charge is -2.36. The molecule has 2 bridgehead atoms. The number of rotatable bonds is 6. The van der Waals surface area contributed by atoms with E-state index in [4.69, 9.17) is 9.90 Å². The molecule has 2 aliphatic heterocycles. The van der Waals surface area contributed by atoms with Gasteiger partial charge in [0.05, 0.1) is 12.0 Å². The van der Waals surface area contributed by atoms with Crippen molar-refractivity contribution in [2.24, 2.45) is 5.41 Å². The molecule has 2 heterocycles. The Bertz CT molecular complexity index is 782. The van der Waals surface area contributed by atoms with Crippen LogP contribution in [-0.4, -0.2) is 53.0 Å². The van der Waals surface area contributed by atoms with Crippen LogP contribution in [0.2, 0.25) is 0 Å². The zero-order valence-electron chi connectivity index (χ0n) is 18.0. The van der Waals surface area contributed by atoms with E-state index in [2.05, 4.69) is 17.6 Å². The van der Waals surface area contributed by atoms with Crippen molar-refractivity contribution in [3.8, 4) is 0 Å². The highest BCUT2D eigenvalue weighted by molar-refractivity contribution is 5.88. The van der Waals surface area contributed by atoms with E-state index in [1.165, 1.54) is 25.0 Å². The predicted molar refractivity (Wildman–Crippen MR) is 115 cm³/mol. The lowest BCUT2D eigenvalue weighted by Crippen LogP contribution is -2.52. The number of nitrogens with zero attached hydrogens (tertiary/aromatic N) is 1. The molecule has 1 saturated carbocycles. The number of halogens is 1. The first-order chi connectivity index (χ1) is 14.9. The molecule has 31 heavy (non-hydrogen) atoms. The third-order valence-corrected chi connectivity index (χ3v) is 7.09. The monoisotopic (exact) mass is 433 g/mol. The minimum Gasteiger partial charge on any atom is -0.483 e. The van der Waals surface area contributed by atoms with Crippen LogP contribution in [0.4, 0.5) is 10.1 Å². The minimum atomic E-state index is -0.447. The maximum atomic E-state index is 13.2. The highest BCUT2D eigenvalue weighted by Gasteiger charge is 2.60. The van der Waals surface area contributed by atoms with Crippen molar-refractivity contribution in [2.45, 2.75) is 76.4 Å². The number of nitrogens with one attached hydrogen (secondary N) is 2. The molecular formula is C23H32FN3O4. The lowest BCUT2D eigenvalue weighted by atomic mass is 9.71. The third-order valence-electron chi connectivity index (χ3n) is 7.09. The zero-order valence-corrected chi connectivity index (χ0v) is 18.0. The Balaban J connectivity index is 0.000000858. The molecule has 0 radical (unpaired) electrons. The van der Waals surface area contributed by atoms with Gasteiger partial charge in [0.25, 0.3) is 6.47 Å². The van der Waals surface area contributed by atoms with Crippen LogP contribution < -0.4 is 10.6 Å². The number of carbonyl (C=O) groups is 3. The summed E-state index contributed by atoms with van der Waals surface area (Å²) in [5.74, 6) is -0.116. The Morgan fingerprint density at radius 2 is 1.84 bits per heavy atom. The third kappa shape index (κ3) is 4.83. The highest BCUT2D eigenvalue weighted by Crippen LogP contribution is 2.52. The fraction of sp³-hybridized carbons (Fsp3) is 0.609. The SMILES string of the molecule is CC[C@]1(C(=O)NC2CCCC2)C[C@H]2CC[C@@H]1N2C(=O)CNc1ccc(F)cc1.O=CO. The first-order valence-electron chi connectivity index (χ1n) is 11.1. The molecule has 7 nitrogen and oxygen atoms in total. The zero-order chi connectivity index (χ0) is 22.4. The van der Waals surface area contributed by atoms with Crippen molar-refractivity contribution in [1.29, 1.82) is 0 Å². The Kier molecular flexibility index (Phi) is 7.51. The average molecular weight is 434 g/mol. The quantitative estimate of drug-likeness (QED) is 0.599. The summed E-state index contributed by atoms with van der Waals surface area (Å²) in [6.45, 7) is 2.00. The summed E-state index contributed by atoms with van der Waals surface area (Å²) in [5, 5.41) is 13.3. The van der Waals surface area contributed by atoms with E-state index in [9.17, 15) is 14.0 Å². The maximum absolute atomic E-state index is 13.2. The number of amides is 2. The van der Waals surface area contributed by atoms with Crippen molar-refractivity contribution >= 4 is 24.0 Å². The number of hydrogen-bond acceptors (Lipinski definition) is 4. The van der Waals surface area contributed by atoms with Gasteiger partial charge in [-0.15, -0.1) is 0 Å². The molecular weight excluding hydrogens is 401 g/mol. The predicted octanol–water partition coefficient (Wildman–Crippen LogP) is 3.16. The molecule has 3 aliphatic rings. The van der Waals surface area contributed by atoms with Crippen molar-refractivity contribution < 1.29 is 23.9 Å². The molecule has 2 saturated heterocycles. The topological polar surface area (TPSA) is 98.7 Å². The van der Waals surface area contributed by atoms with E-state index in [-0.39, 0.29) is 42.7 Å². The molecule has 1 aromatic rings. The Morgan fingerprint density at radius 3 is 2.45 bits per heavy atom. The molecule has 0 spiro atoms. The smallest absolute Gasteiger partial charge is 0.290 e. The maximum Gasteiger partial charge on any atom is 0.290 e. The molecule has 1 aromatic carbocycles. The molecule has 4 rings (SSSR count). The second-order valence-electron chi connectivity index (χ2n) is 8.68. The molecule has 170 valence electrons. The van der Waals surface area contributed by atoms with E-state index >= 15 is 0 Å². The first kappa shape index (κ1) is 23.0. The lowest BCUT2D eigenvalue weighted by molar-refractivity contribution is -0.136.